The van der Waals surface area contributed by atoms with E-state index < -0.39 is 20.6 Å². The van der Waals surface area contributed by atoms with Gasteiger partial charge in [0.25, 0.3) is 5.69 Å². The Morgan fingerprint density at radius 2 is 2.14 bits per heavy atom. The Morgan fingerprint density at radius 1 is 1.43 bits per heavy atom. The highest BCUT2D eigenvalue weighted by molar-refractivity contribution is 7.99. The van der Waals surface area contributed by atoms with E-state index >= 15 is 0 Å². The van der Waals surface area contributed by atoms with Crippen molar-refractivity contribution in [3.8, 4) is 0 Å². The second kappa shape index (κ2) is 6.20. The van der Waals surface area contributed by atoms with E-state index in [2.05, 4.69) is 4.72 Å². The third kappa shape index (κ3) is 3.66. The van der Waals surface area contributed by atoms with E-state index in [0.717, 1.165) is 25.3 Å². The van der Waals surface area contributed by atoms with Crippen LogP contribution in [0.15, 0.2) is 23.1 Å². The summed E-state index contributed by atoms with van der Waals surface area (Å²) in [4.78, 5) is 9.94. The summed E-state index contributed by atoms with van der Waals surface area (Å²) >= 11 is 1.71. The molecule has 0 aromatic heterocycles. The number of hydrogen-bond donors (Lipinski definition) is 2. The molecule has 1 aromatic carbocycles. The molecule has 0 radical (unpaired) electrons. The fourth-order valence-corrected chi connectivity index (χ4v) is 4.68. The minimum absolute atomic E-state index is 0.156. The van der Waals surface area contributed by atoms with Crippen molar-refractivity contribution in [3.05, 3.63) is 28.3 Å². The Hall–Kier alpha value is -1.32. The maximum Gasteiger partial charge on any atom is 0.291 e. The fraction of sp³-hybridized carbons (Fsp3) is 0.500. The highest BCUT2D eigenvalue weighted by atomic mass is 32.2. The van der Waals surface area contributed by atoms with Gasteiger partial charge in [0, 0.05) is 23.0 Å². The molecular weight excluding hydrogens is 314 g/mol. The van der Waals surface area contributed by atoms with Crippen LogP contribution in [0.3, 0.4) is 0 Å². The van der Waals surface area contributed by atoms with E-state index in [-0.39, 0.29) is 16.6 Å². The lowest BCUT2D eigenvalue weighted by atomic mass is 10.3. The van der Waals surface area contributed by atoms with Gasteiger partial charge in [-0.15, -0.1) is 0 Å². The lowest BCUT2D eigenvalue weighted by molar-refractivity contribution is -0.387. The van der Waals surface area contributed by atoms with E-state index in [1.54, 1.807) is 11.8 Å². The van der Waals surface area contributed by atoms with Crippen LogP contribution in [0, 0.1) is 10.1 Å². The highest BCUT2D eigenvalue weighted by Gasteiger charge is 2.31. The summed E-state index contributed by atoms with van der Waals surface area (Å²) < 4.78 is 27.3. The molecule has 0 spiro atoms. The molecule has 7 nitrogen and oxygen atoms in total. The molecule has 21 heavy (non-hydrogen) atoms. The summed E-state index contributed by atoms with van der Waals surface area (Å²) in [6, 6.07) is 3.41. The normalized spacial score (nSPS) is 22.3. The second-order valence-corrected chi connectivity index (χ2v) is 7.79. The van der Waals surface area contributed by atoms with Crippen LogP contribution >= 0.6 is 11.8 Å². The summed E-state index contributed by atoms with van der Waals surface area (Å²) in [5.74, 6) is 0. The Kier molecular flexibility index (Phi) is 4.74. The third-order valence-electron chi connectivity index (χ3n) is 3.51. The van der Waals surface area contributed by atoms with Crippen LogP contribution in [0.2, 0.25) is 0 Å². The number of hydrogen-bond acceptors (Lipinski definition) is 6. The molecule has 1 saturated carbocycles. The SMILES string of the molecule is CSC1CCC(NS(=O)(=O)c2ccc(N)cc2[N+](=O)[O-])C1. The lowest BCUT2D eigenvalue weighted by Gasteiger charge is -2.13. The molecule has 9 heteroatoms. The molecule has 2 atom stereocenters. The number of nitrogens with two attached hydrogens (primary N) is 1. The molecule has 2 rings (SSSR count). The molecule has 0 amide bonds. The van der Waals surface area contributed by atoms with E-state index in [1.165, 1.54) is 12.1 Å². The Morgan fingerprint density at radius 3 is 2.71 bits per heavy atom. The summed E-state index contributed by atoms with van der Waals surface area (Å²) in [6.07, 6.45) is 4.42. The molecule has 1 fully saturated rings. The van der Waals surface area contributed by atoms with E-state index in [4.69, 9.17) is 5.73 Å². The zero-order valence-electron chi connectivity index (χ0n) is 11.5. The maximum atomic E-state index is 12.4. The number of rotatable bonds is 5. The van der Waals surface area contributed by atoms with Crippen LogP contribution in [0.25, 0.3) is 0 Å². The fourth-order valence-electron chi connectivity index (χ4n) is 2.45. The largest absolute Gasteiger partial charge is 0.399 e. The monoisotopic (exact) mass is 331 g/mol. The van der Waals surface area contributed by atoms with Gasteiger partial charge in [0.15, 0.2) is 4.90 Å². The number of thioether (sulfide) groups is 1. The van der Waals surface area contributed by atoms with Crippen molar-refractivity contribution in [1.29, 1.82) is 0 Å². The van der Waals surface area contributed by atoms with Crippen LogP contribution in [-0.4, -0.2) is 30.9 Å². The van der Waals surface area contributed by atoms with Gasteiger partial charge >= 0.3 is 0 Å². The van der Waals surface area contributed by atoms with Gasteiger partial charge in [-0.3, -0.25) is 10.1 Å². The summed E-state index contributed by atoms with van der Waals surface area (Å²) in [5.41, 5.74) is 5.14. The first-order chi connectivity index (χ1) is 9.83. The van der Waals surface area contributed by atoms with Gasteiger partial charge in [0.1, 0.15) is 0 Å². The van der Waals surface area contributed by atoms with Crippen molar-refractivity contribution < 1.29 is 13.3 Å². The lowest BCUT2D eigenvalue weighted by Crippen LogP contribution is -2.33. The van der Waals surface area contributed by atoms with Crippen molar-refractivity contribution in [2.45, 2.75) is 35.4 Å². The number of benzene rings is 1. The van der Waals surface area contributed by atoms with Gasteiger partial charge in [-0.1, -0.05) is 0 Å². The molecular formula is C12H17N3O4S2. The first-order valence-electron chi connectivity index (χ1n) is 6.42. The van der Waals surface area contributed by atoms with Crippen molar-refractivity contribution in [2.75, 3.05) is 12.0 Å². The maximum absolute atomic E-state index is 12.4. The van der Waals surface area contributed by atoms with Gasteiger partial charge < -0.3 is 5.73 Å². The van der Waals surface area contributed by atoms with Crippen molar-refractivity contribution in [2.24, 2.45) is 0 Å². The van der Waals surface area contributed by atoms with Gasteiger partial charge in [0.05, 0.1) is 4.92 Å². The van der Waals surface area contributed by atoms with E-state index in [1.807, 2.05) is 6.26 Å². The molecule has 1 aliphatic carbocycles. The van der Waals surface area contributed by atoms with Crippen LogP contribution in [0.4, 0.5) is 11.4 Å². The number of nitrogens with zero attached hydrogens (tertiary/aromatic N) is 1. The first kappa shape index (κ1) is 16.1. The topological polar surface area (TPSA) is 115 Å². The van der Waals surface area contributed by atoms with Crippen LogP contribution in [0.5, 0.6) is 0 Å². The van der Waals surface area contributed by atoms with Crippen molar-refractivity contribution in [3.63, 3.8) is 0 Å². The van der Waals surface area contributed by atoms with Crippen LogP contribution in [-0.2, 0) is 10.0 Å². The molecule has 1 aromatic rings. The Labute approximate surface area is 127 Å². The average Bonchev–Trinajstić information content (AvgIpc) is 2.85. The predicted molar refractivity (Wildman–Crippen MR) is 82.8 cm³/mol. The number of nitrogens with one attached hydrogen (secondary N) is 1. The smallest absolute Gasteiger partial charge is 0.291 e. The first-order valence-corrected chi connectivity index (χ1v) is 9.19. The number of nitro benzene ring substituents is 1. The summed E-state index contributed by atoms with van der Waals surface area (Å²) in [5, 5.41) is 11.4. The van der Waals surface area contributed by atoms with Crippen molar-refractivity contribution >= 4 is 33.2 Å². The van der Waals surface area contributed by atoms with Gasteiger partial charge in [-0.05, 0) is 37.7 Å². The molecule has 2 unspecified atom stereocenters. The summed E-state index contributed by atoms with van der Waals surface area (Å²) in [6.45, 7) is 0. The predicted octanol–water partition coefficient (Wildman–Crippen LogP) is 1.74. The number of nitro groups is 1. The zero-order valence-corrected chi connectivity index (χ0v) is 13.1. The number of anilines is 1. The van der Waals surface area contributed by atoms with E-state index in [0.29, 0.717) is 5.25 Å². The molecule has 0 saturated heterocycles. The average molecular weight is 331 g/mol. The Balaban J connectivity index is 2.26. The molecule has 1 aliphatic rings. The minimum Gasteiger partial charge on any atom is -0.399 e. The van der Waals surface area contributed by atoms with Crippen LogP contribution in [0.1, 0.15) is 19.3 Å². The van der Waals surface area contributed by atoms with Crippen LogP contribution < -0.4 is 10.5 Å². The van der Waals surface area contributed by atoms with Crippen molar-refractivity contribution in [1.82, 2.24) is 4.72 Å². The second-order valence-electron chi connectivity index (χ2n) is 4.97. The highest BCUT2D eigenvalue weighted by Crippen LogP contribution is 2.31. The standard InChI is InChI=1S/C12H17N3O4S2/c1-20-10-4-3-9(7-10)14-21(18,19)12-5-2-8(13)6-11(12)15(16)17/h2,5-6,9-10,14H,3-4,7,13H2,1H3. The Bertz CT molecular complexity index is 648. The molecule has 0 bridgehead atoms. The number of sulfonamides is 1. The van der Waals surface area contributed by atoms with E-state index in [9.17, 15) is 18.5 Å². The summed E-state index contributed by atoms with van der Waals surface area (Å²) in [7, 11) is -3.92. The number of nitrogen functional groups attached to an aromatic ring is 1. The molecule has 0 aliphatic heterocycles. The quantitative estimate of drug-likeness (QED) is 0.482. The van der Waals surface area contributed by atoms with Gasteiger partial charge in [0.2, 0.25) is 10.0 Å². The van der Waals surface area contributed by atoms with Gasteiger partial charge in [-0.25, -0.2) is 13.1 Å². The molecule has 116 valence electrons. The zero-order chi connectivity index (χ0) is 15.6. The minimum atomic E-state index is -3.92. The third-order valence-corrected chi connectivity index (χ3v) is 6.17. The molecule has 3 N–H and O–H groups in total. The van der Waals surface area contributed by atoms with Gasteiger partial charge in [-0.2, -0.15) is 11.8 Å². The molecule has 0 heterocycles.